The number of halogens is 4. The van der Waals surface area contributed by atoms with Crippen molar-refractivity contribution in [3.8, 4) is 0 Å². The maximum atomic E-state index is 12.9. The summed E-state index contributed by atoms with van der Waals surface area (Å²) in [5, 5.41) is -0.00753. The molecule has 2 amide bonds. The molecule has 25 heavy (non-hydrogen) atoms. The summed E-state index contributed by atoms with van der Waals surface area (Å²) in [4.78, 5) is 27.1. The first kappa shape index (κ1) is 19.6. The van der Waals surface area contributed by atoms with Crippen LogP contribution >= 0.6 is 11.6 Å². The Morgan fingerprint density at radius 1 is 1.16 bits per heavy atom. The van der Waals surface area contributed by atoms with E-state index in [-0.39, 0.29) is 23.2 Å². The molecule has 0 radical (unpaired) electrons. The number of benzene rings is 1. The third-order valence-electron chi connectivity index (χ3n) is 4.20. The maximum absolute atomic E-state index is 12.9. The summed E-state index contributed by atoms with van der Waals surface area (Å²) in [6.45, 7) is 2.07. The summed E-state index contributed by atoms with van der Waals surface area (Å²) in [7, 11) is 0. The summed E-state index contributed by atoms with van der Waals surface area (Å²) in [5.74, 6) is -0.824. The zero-order valence-electron chi connectivity index (χ0n) is 13.9. The second-order valence-corrected chi connectivity index (χ2v) is 6.47. The highest BCUT2D eigenvalue weighted by atomic mass is 35.5. The van der Waals surface area contributed by atoms with E-state index in [1.165, 1.54) is 6.92 Å². The Balaban J connectivity index is 2.26. The minimum Gasteiger partial charge on any atom is -0.341 e. The van der Waals surface area contributed by atoms with Crippen molar-refractivity contribution in [3.63, 3.8) is 0 Å². The first-order valence-corrected chi connectivity index (χ1v) is 8.50. The topological polar surface area (TPSA) is 40.6 Å². The van der Waals surface area contributed by atoms with Gasteiger partial charge in [0.2, 0.25) is 11.8 Å². The van der Waals surface area contributed by atoms with Gasteiger partial charge >= 0.3 is 6.18 Å². The van der Waals surface area contributed by atoms with Gasteiger partial charge in [0.05, 0.1) is 16.3 Å². The zero-order valence-corrected chi connectivity index (χ0v) is 14.7. The van der Waals surface area contributed by atoms with Gasteiger partial charge in [-0.05, 0) is 31.0 Å². The Bertz CT molecular complexity index is 641. The highest BCUT2D eigenvalue weighted by Gasteiger charge is 2.32. The van der Waals surface area contributed by atoms with E-state index in [2.05, 4.69) is 0 Å². The quantitative estimate of drug-likeness (QED) is 0.796. The molecule has 0 bridgehead atoms. The number of amides is 2. The minimum absolute atomic E-state index is 0.00753. The normalized spacial score (nSPS) is 15.6. The molecule has 1 aromatic rings. The Morgan fingerprint density at radius 3 is 2.28 bits per heavy atom. The number of carbonyl (C=O) groups excluding carboxylic acids is 2. The maximum Gasteiger partial charge on any atom is 0.416 e. The molecule has 1 fully saturated rings. The molecule has 0 aliphatic carbocycles. The van der Waals surface area contributed by atoms with Crippen molar-refractivity contribution in [2.24, 2.45) is 0 Å². The smallest absolute Gasteiger partial charge is 0.341 e. The Morgan fingerprint density at radius 2 is 1.76 bits per heavy atom. The van der Waals surface area contributed by atoms with E-state index in [9.17, 15) is 22.8 Å². The van der Waals surface area contributed by atoms with Crippen LogP contribution in [0.25, 0.3) is 0 Å². The number of nitrogens with zero attached hydrogens (tertiary/aromatic N) is 2. The molecule has 2 rings (SSSR count). The number of likely N-dealkylation sites (tertiary alicyclic amines) is 1. The van der Waals surface area contributed by atoms with Crippen LogP contribution in [-0.4, -0.2) is 36.3 Å². The fourth-order valence-corrected chi connectivity index (χ4v) is 3.04. The van der Waals surface area contributed by atoms with E-state index in [1.54, 1.807) is 4.90 Å². The predicted octanol–water partition coefficient (Wildman–Crippen LogP) is 4.11. The molecule has 0 aromatic heterocycles. The molecule has 138 valence electrons. The summed E-state index contributed by atoms with van der Waals surface area (Å²) in [6, 6.07) is 2.74. The van der Waals surface area contributed by atoms with Gasteiger partial charge < -0.3 is 9.80 Å². The summed E-state index contributed by atoms with van der Waals surface area (Å²) in [6.07, 6.45) is -0.706. The van der Waals surface area contributed by atoms with E-state index < -0.39 is 17.6 Å². The summed E-state index contributed by atoms with van der Waals surface area (Å²) < 4.78 is 38.8. The lowest BCUT2D eigenvalue weighted by Crippen LogP contribution is -2.43. The molecular formula is C17H20ClF3N2O2. The van der Waals surface area contributed by atoms with Gasteiger partial charge in [0.1, 0.15) is 6.54 Å². The molecular weight excluding hydrogens is 357 g/mol. The predicted molar refractivity (Wildman–Crippen MR) is 89.5 cm³/mol. The highest BCUT2D eigenvalue weighted by molar-refractivity contribution is 6.34. The van der Waals surface area contributed by atoms with Crippen molar-refractivity contribution in [1.29, 1.82) is 0 Å². The van der Waals surface area contributed by atoms with Crippen LogP contribution in [0.3, 0.4) is 0 Å². The van der Waals surface area contributed by atoms with Crippen LogP contribution in [0.2, 0.25) is 5.02 Å². The van der Waals surface area contributed by atoms with Crippen LogP contribution in [0, 0.1) is 0 Å². The van der Waals surface area contributed by atoms with Gasteiger partial charge in [-0.25, -0.2) is 0 Å². The molecule has 4 nitrogen and oxygen atoms in total. The second kappa shape index (κ2) is 8.08. The lowest BCUT2D eigenvalue weighted by molar-refractivity contribution is -0.137. The van der Waals surface area contributed by atoms with Crippen molar-refractivity contribution in [2.75, 3.05) is 24.5 Å². The van der Waals surface area contributed by atoms with Crippen molar-refractivity contribution < 1.29 is 22.8 Å². The van der Waals surface area contributed by atoms with Crippen molar-refractivity contribution in [3.05, 3.63) is 28.8 Å². The molecule has 1 heterocycles. The van der Waals surface area contributed by atoms with Crippen LogP contribution in [0.1, 0.15) is 38.2 Å². The standard InChI is InChI=1S/C17H20ClF3N2O2/c1-12(24)23(11-16(25)22-8-4-2-3-5-9-22)15-10-13(17(19,20)21)6-7-14(15)18/h6-7,10H,2-5,8-9,11H2,1H3. The Labute approximate surface area is 149 Å². The molecule has 0 atom stereocenters. The van der Waals surface area contributed by atoms with Crippen molar-refractivity contribution >= 4 is 29.1 Å². The van der Waals surface area contributed by atoms with Gasteiger partial charge in [-0.2, -0.15) is 13.2 Å². The van der Waals surface area contributed by atoms with Gasteiger partial charge in [-0.3, -0.25) is 9.59 Å². The van der Waals surface area contributed by atoms with E-state index in [0.717, 1.165) is 48.8 Å². The van der Waals surface area contributed by atoms with Gasteiger partial charge in [-0.1, -0.05) is 24.4 Å². The van der Waals surface area contributed by atoms with Gasteiger partial charge in [0, 0.05) is 20.0 Å². The molecule has 1 saturated heterocycles. The van der Waals surface area contributed by atoms with Crippen LogP contribution in [0.5, 0.6) is 0 Å². The van der Waals surface area contributed by atoms with Gasteiger partial charge in [-0.15, -0.1) is 0 Å². The first-order chi connectivity index (χ1) is 11.7. The minimum atomic E-state index is -4.56. The van der Waals surface area contributed by atoms with E-state index in [1.807, 2.05) is 0 Å². The second-order valence-electron chi connectivity index (χ2n) is 6.06. The lowest BCUT2D eigenvalue weighted by atomic mass is 10.1. The number of hydrogen-bond donors (Lipinski definition) is 0. The molecule has 0 N–H and O–H groups in total. The number of rotatable bonds is 3. The lowest BCUT2D eigenvalue weighted by Gasteiger charge is -2.27. The zero-order chi connectivity index (χ0) is 18.6. The monoisotopic (exact) mass is 376 g/mol. The molecule has 1 aliphatic rings. The van der Waals surface area contributed by atoms with Crippen LogP contribution in [0.15, 0.2) is 18.2 Å². The molecule has 1 aliphatic heterocycles. The fraction of sp³-hybridized carbons (Fsp3) is 0.529. The third kappa shape index (κ3) is 5.11. The molecule has 0 unspecified atom stereocenters. The fourth-order valence-electron chi connectivity index (χ4n) is 2.82. The average molecular weight is 377 g/mol. The first-order valence-electron chi connectivity index (χ1n) is 8.13. The Kier molecular flexibility index (Phi) is 6.32. The van der Waals surface area contributed by atoms with E-state index in [0.29, 0.717) is 13.1 Å². The van der Waals surface area contributed by atoms with Crippen LogP contribution < -0.4 is 4.90 Å². The highest BCUT2D eigenvalue weighted by Crippen LogP contribution is 2.35. The largest absolute Gasteiger partial charge is 0.416 e. The number of carbonyl (C=O) groups is 2. The van der Waals surface area contributed by atoms with E-state index >= 15 is 0 Å². The summed E-state index contributed by atoms with van der Waals surface area (Å²) in [5.41, 5.74) is -1.02. The summed E-state index contributed by atoms with van der Waals surface area (Å²) >= 11 is 5.99. The SMILES string of the molecule is CC(=O)N(CC(=O)N1CCCCCC1)c1cc(C(F)(F)F)ccc1Cl. The molecule has 8 heteroatoms. The van der Waals surface area contributed by atoms with Gasteiger partial charge in [0.25, 0.3) is 0 Å². The molecule has 1 aromatic carbocycles. The number of anilines is 1. The average Bonchev–Trinajstić information content (AvgIpc) is 2.81. The third-order valence-corrected chi connectivity index (χ3v) is 4.52. The van der Waals surface area contributed by atoms with Crippen molar-refractivity contribution in [1.82, 2.24) is 4.90 Å². The van der Waals surface area contributed by atoms with Crippen molar-refractivity contribution in [2.45, 2.75) is 38.8 Å². The van der Waals surface area contributed by atoms with E-state index in [4.69, 9.17) is 11.6 Å². The van der Waals surface area contributed by atoms with Crippen LogP contribution in [-0.2, 0) is 15.8 Å². The Hall–Kier alpha value is -1.76. The number of hydrogen-bond acceptors (Lipinski definition) is 2. The van der Waals surface area contributed by atoms with Crippen LogP contribution in [0.4, 0.5) is 18.9 Å². The van der Waals surface area contributed by atoms with Gasteiger partial charge in [0.15, 0.2) is 0 Å². The molecule has 0 spiro atoms. The molecule has 0 saturated carbocycles. The number of alkyl halides is 3.